The van der Waals surface area contributed by atoms with E-state index < -0.39 is 11.6 Å². The molecule has 0 fully saturated rings. The molecule has 1 unspecified atom stereocenters. The Morgan fingerprint density at radius 2 is 2.21 bits per heavy atom. The van der Waals surface area contributed by atoms with E-state index in [1.165, 1.54) is 12.1 Å². The highest BCUT2D eigenvalue weighted by Gasteiger charge is 2.20. The summed E-state index contributed by atoms with van der Waals surface area (Å²) in [5, 5.41) is 3.17. The molecule has 0 aliphatic heterocycles. The second-order valence-corrected chi connectivity index (χ2v) is 4.96. The number of aromatic nitrogens is 2. The third kappa shape index (κ3) is 3.19. The summed E-state index contributed by atoms with van der Waals surface area (Å²) in [7, 11) is 0. The number of halogens is 3. The average molecular weight is 330 g/mol. The summed E-state index contributed by atoms with van der Waals surface area (Å²) in [6.45, 7) is 2.62. The van der Waals surface area contributed by atoms with Gasteiger partial charge in [0, 0.05) is 24.4 Å². The van der Waals surface area contributed by atoms with Gasteiger partial charge >= 0.3 is 0 Å². The van der Waals surface area contributed by atoms with Gasteiger partial charge in [0.15, 0.2) is 0 Å². The predicted molar refractivity (Wildman–Crippen MR) is 72.8 cm³/mol. The van der Waals surface area contributed by atoms with Gasteiger partial charge in [-0.2, -0.15) is 0 Å². The van der Waals surface area contributed by atoms with Gasteiger partial charge < -0.3 is 10.3 Å². The van der Waals surface area contributed by atoms with E-state index in [9.17, 15) is 8.78 Å². The zero-order valence-corrected chi connectivity index (χ0v) is 12.0. The molecular formula is C13H14BrF2N3. The molecule has 0 aliphatic carbocycles. The minimum Gasteiger partial charge on any atom is -0.347 e. The number of rotatable bonds is 5. The van der Waals surface area contributed by atoms with E-state index in [0.717, 1.165) is 0 Å². The monoisotopic (exact) mass is 329 g/mol. The van der Waals surface area contributed by atoms with Crippen LogP contribution in [0.5, 0.6) is 0 Å². The summed E-state index contributed by atoms with van der Waals surface area (Å²) in [6, 6.07) is 2.37. The standard InChI is InChI=1S/C13H14BrF2N3/c1-2-17-11(13-18-5-6-19-13)7-8-10(15)4-3-9(14)12(8)16/h3-6,11,17H,2,7H2,1H3,(H,18,19). The molecular weight excluding hydrogens is 316 g/mol. The Kier molecular flexibility index (Phi) is 4.66. The van der Waals surface area contributed by atoms with Crippen LogP contribution >= 0.6 is 15.9 Å². The lowest BCUT2D eigenvalue weighted by Gasteiger charge is -2.17. The summed E-state index contributed by atoms with van der Waals surface area (Å²) in [5.41, 5.74) is 0.0525. The van der Waals surface area contributed by atoms with Crippen LogP contribution in [0.2, 0.25) is 0 Å². The van der Waals surface area contributed by atoms with Crippen molar-refractivity contribution in [3.8, 4) is 0 Å². The number of hydrogen-bond donors (Lipinski definition) is 2. The van der Waals surface area contributed by atoms with Crippen LogP contribution < -0.4 is 5.32 Å². The van der Waals surface area contributed by atoms with Crippen molar-refractivity contribution in [3.63, 3.8) is 0 Å². The lowest BCUT2D eigenvalue weighted by atomic mass is 10.0. The molecule has 0 spiro atoms. The summed E-state index contributed by atoms with van der Waals surface area (Å²) < 4.78 is 28.0. The molecule has 2 aromatic rings. The average Bonchev–Trinajstić information content (AvgIpc) is 2.92. The number of likely N-dealkylation sites (N-methyl/N-ethyl adjacent to an activating group) is 1. The molecule has 0 bridgehead atoms. The smallest absolute Gasteiger partial charge is 0.143 e. The Morgan fingerprint density at radius 3 is 2.84 bits per heavy atom. The van der Waals surface area contributed by atoms with E-state index in [-0.39, 0.29) is 22.5 Å². The Labute approximate surface area is 118 Å². The van der Waals surface area contributed by atoms with E-state index in [0.29, 0.717) is 12.4 Å². The number of H-pyrrole nitrogens is 1. The Balaban J connectivity index is 2.30. The van der Waals surface area contributed by atoms with Crippen molar-refractivity contribution < 1.29 is 8.78 Å². The zero-order chi connectivity index (χ0) is 13.8. The summed E-state index contributed by atoms with van der Waals surface area (Å²) in [5.74, 6) is -0.440. The lowest BCUT2D eigenvalue weighted by molar-refractivity contribution is 0.485. The molecule has 2 N–H and O–H groups in total. The molecule has 0 saturated carbocycles. The van der Waals surface area contributed by atoms with Gasteiger partial charge in [0.05, 0.1) is 10.5 Å². The summed E-state index contributed by atoms with van der Waals surface area (Å²) in [6.07, 6.45) is 3.50. The van der Waals surface area contributed by atoms with Crippen LogP contribution in [0.3, 0.4) is 0 Å². The number of benzene rings is 1. The van der Waals surface area contributed by atoms with E-state index in [4.69, 9.17) is 0 Å². The predicted octanol–water partition coefficient (Wildman–Crippen LogP) is 3.34. The highest BCUT2D eigenvalue weighted by Crippen LogP contribution is 2.25. The Hall–Kier alpha value is -1.27. The van der Waals surface area contributed by atoms with Gasteiger partial charge in [0.25, 0.3) is 0 Å². The highest BCUT2D eigenvalue weighted by atomic mass is 79.9. The van der Waals surface area contributed by atoms with E-state index in [1.54, 1.807) is 12.4 Å². The van der Waals surface area contributed by atoms with Crippen LogP contribution in [-0.4, -0.2) is 16.5 Å². The second-order valence-electron chi connectivity index (χ2n) is 4.11. The third-order valence-electron chi connectivity index (χ3n) is 2.85. The maximum atomic E-state index is 14.0. The SMILES string of the molecule is CCNC(Cc1c(F)ccc(Br)c1F)c1ncc[nH]1. The van der Waals surface area contributed by atoms with Crippen LogP contribution in [-0.2, 0) is 6.42 Å². The summed E-state index contributed by atoms with van der Waals surface area (Å²) in [4.78, 5) is 7.10. The molecule has 1 aromatic heterocycles. The van der Waals surface area contributed by atoms with Crippen LogP contribution in [0.1, 0.15) is 24.4 Å². The van der Waals surface area contributed by atoms with Gasteiger partial charge in [0.2, 0.25) is 0 Å². The normalized spacial score (nSPS) is 12.6. The van der Waals surface area contributed by atoms with Crippen molar-refractivity contribution in [2.45, 2.75) is 19.4 Å². The van der Waals surface area contributed by atoms with Crippen molar-refractivity contribution in [2.75, 3.05) is 6.54 Å². The fourth-order valence-corrected chi connectivity index (χ4v) is 2.31. The van der Waals surface area contributed by atoms with E-state index >= 15 is 0 Å². The maximum Gasteiger partial charge on any atom is 0.143 e. The largest absolute Gasteiger partial charge is 0.347 e. The number of nitrogens with one attached hydrogen (secondary N) is 2. The molecule has 0 saturated heterocycles. The molecule has 2 rings (SSSR count). The number of hydrogen-bond acceptors (Lipinski definition) is 2. The molecule has 6 heteroatoms. The Morgan fingerprint density at radius 1 is 1.42 bits per heavy atom. The minimum atomic E-state index is -0.561. The van der Waals surface area contributed by atoms with Gasteiger partial charge in [-0.15, -0.1) is 0 Å². The molecule has 1 aromatic carbocycles. The van der Waals surface area contributed by atoms with Gasteiger partial charge in [-0.1, -0.05) is 6.92 Å². The topological polar surface area (TPSA) is 40.7 Å². The first kappa shape index (κ1) is 14.1. The molecule has 3 nitrogen and oxygen atoms in total. The van der Waals surface area contributed by atoms with Gasteiger partial charge in [-0.05, 0) is 34.6 Å². The molecule has 1 heterocycles. The molecule has 102 valence electrons. The van der Waals surface area contributed by atoms with Crippen molar-refractivity contribution in [1.29, 1.82) is 0 Å². The number of nitrogens with zero attached hydrogens (tertiary/aromatic N) is 1. The van der Waals surface area contributed by atoms with Gasteiger partial charge in [-0.3, -0.25) is 0 Å². The first-order valence-corrected chi connectivity index (χ1v) is 6.77. The molecule has 0 amide bonds. The van der Waals surface area contributed by atoms with Crippen molar-refractivity contribution >= 4 is 15.9 Å². The summed E-state index contributed by atoms with van der Waals surface area (Å²) >= 11 is 3.07. The molecule has 0 aliphatic rings. The quantitative estimate of drug-likeness (QED) is 0.826. The van der Waals surface area contributed by atoms with Gasteiger partial charge in [0.1, 0.15) is 17.5 Å². The fourth-order valence-electron chi connectivity index (χ4n) is 1.94. The van der Waals surface area contributed by atoms with Crippen molar-refractivity contribution in [2.24, 2.45) is 0 Å². The minimum absolute atomic E-state index is 0.0525. The first-order valence-electron chi connectivity index (χ1n) is 5.98. The number of imidazole rings is 1. The molecule has 1 atom stereocenters. The highest BCUT2D eigenvalue weighted by molar-refractivity contribution is 9.10. The van der Waals surface area contributed by atoms with Crippen LogP contribution in [0.15, 0.2) is 29.0 Å². The van der Waals surface area contributed by atoms with Crippen LogP contribution in [0, 0.1) is 11.6 Å². The maximum absolute atomic E-state index is 14.0. The van der Waals surface area contributed by atoms with Crippen molar-refractivity contribution in [3.05, 3.63) is 52.0 Å². The molecule has 19 heavy (non-hydrogen) atoms. The lowest BCUT2D eigenvalue weighted by Crippen LogP contribution is -2.25. The van der Waals surface area contributed by atoms with E-state index in [2.05, 4.69) is 31.2 Å². The van der Waals surface area contributed by atoms with Crippen molar-refractivity contribution in [1.82, 2.24) is 15.3 Å². The molecule has 0 radical (unpaired) electrons. The van der Waals surface area contributed by atoms with E-state index in [1.807, 2.05) is 6.92 Å². The zero-order valence-electron chi connectivity index (χ0n) is 10.4. The van der Waals surface area contributed by atoms with Crippen LogP contribution in [0.25, 0.3) is 0 Å². The first-order chi connectivity index (χ1) is 9.13. The Bertz CT molecular complexity index is 543. The van der Waals surface area contributed by atoms with Gasteiger partial charge in [-0.25, -0.2) is 13.8 Å². The third-order valence-corrected chi connectivity index (χ3v) is 3.46. The van der Waals surface area contributed by atoms with Crippen LogP contribution in [0.4, 0.5) is 8.78 Å². The number of aromatic amines is 1. The second kappa shape index (κ2) is 6.25. The fraction of sp³-hybridized carbons (Fsp3) is 0.308.